The average Bonchev–Trinajstić information content (AvgIpc) is 2.72. The van der Waals surface area contributed by atoms with E-state index in [1.807, 2.05) is 0 Å². The number of rotatable bonds is 4. The molecule has 3 N–H and O–H groups in total. The molecule has 1 aliphatic heterocycles. The SMILES string of the molecule is C[C@@H](OC(=O)CN1C(=O)c2ccccc2C1=O)C(=O)NC(N)=O. The van der Waals surface area contributed by atoms with E-state index in [2.05, 4.69) is 0 Å². The van der Waals surface area contributed by atoms with Gasteiger partial charge in [0.25, 0.3) is 17.7 Å². The molecule has 1 aromatic carbocycles. The fraction of sp³-hybridized carbons (Fsp3) is 0.214. The van der Waals surface area contributed by atoms with Crippen LogP contribution in [0.1, 0.15) is 27.6 Å². The van der Waals surface area contributed by atoms with Gasteiger partial charge in [0.05, 0.1) is 11.1 Å². The van der Waals surface area contributed by atoms with E-state index < -0.39 is 42.4 Å². The van der Waals surface area contributed by atoms with Gasteiger partial charge in [0.15, 0.2) is 6.10 Å². The number of nitrogens with zero attached hydrogens (tertiary/aromatic N) is 1. The number of hydrogen-bond acceptors (Lipinski definition) is 6. The van der Waals surface area contributed by atoms with Crippen LogP contribution >= 0.6 is 0 Å². The number of primary amides is 1. The number of carbonyl (C=O) groups is 5. The number of urea groups is 1. The summed E-state index contributed by atoms with van der Waals surface area (Å²) in [5, 5.41) is 1.75. The molecular weight excluding hydrogens is 306 g/mol. The van der Waals surface area contributed by atoms with Crippen molar-refractivity contribution in [3.05, 3.63) is 35.4 Å². The molecule has 23 heavy (non-hydrogen) atoms. The third-order valence-corrected chi connectivity index (χ3v) is 3.09. The van der Waals surface area contributed by atoms with Crippen LogP contribution in [0.3, 0.4) is 0 Å². The van der Waals surface area contributed by atoms with Crippen molar-refractivity contribution in [3.8, 4) is 0 Å². The first-order valence-corrected chi connectivity index (χ1v) is 6.56. The summed E-state index contributed by atoms with van der Waals surface area (Å²) in [5.41, 5.74) is 5.17. The summed E-state index contributed by atoms with van der Waals surface area (Å²) in [7, 11) is 0. The van der Waals surface area contributed by atoms with Crippen molar-refractivity contribution in [2.45, 2.75) is 13.0 Å². The van der Waals surface area contributed by atoms with Gasteiger partial charge in [0.2, 0.25) is 0 Å². The average molecular weight is 319 g/mol. The lowest BCUT2D eigenvalue weighted by molar-refractivity contribution is -0.154. The predicted molar refractivity (Wildman–Crippen MR) is 75.1 cm³/mol. The van der Waals surface area contributed by atoms with Gasteiger partial charge in [-0.1, -0.05) is 12.1 Å². The number of hydrogen-bond donors (Lipinski definition) is 2. The molecule has 0 spiro atoms. The minimum absolute atomic E-state index is 0.199. The third kappa shape index (κ3) is 3.34. The number of imide groups is 2. The standard InChI is InChI=1S/C14H13N3O6/c1-7(11(19)16-14(15)22)23-10(18)6-17-12(20)8-4-2-3-5-9(8)13(17)21/h2-5,7H,6H2,1H3,(H3,15,16,19,22)/t7-/m1/s1. The van der Waals surface area contributed by atoms with Crippen LogP contribution in [-0.2, 0) is 14.3 Å². The van der Waals surface area contributed by atoms with E-state index in [-0.39, 0.29) is 11.1 Å². The van der Waals surface area contributed by atoms with Gasteiger partial charge in [-0.15, -0.1) is 0 Å². The van der Waals surface area contributed by atoms with Crippen molar-refractivity contribution >= 4 is 29.7 Å². The maximum Gasteiger partial charge on any atom is 0.326 e. The monoisotopic (exact) mass is 319 g/mol. The van der Waals surface area contributed by atoms with Gasteiger partial charge in [0, 0.05) is 0 Å². The lowest BCUT2D eigenvalue weighted by atomic mass is 10.1. The Morgan fingerprint density at radius 1 is 1.17 bits per heavy atom. The predicted octanol–water partition coefficient (Wildman–Crippen LogP) is -0.591. The Morgan fingerprint density at radius 3 is 2.17 bits per heavy atom. The molecule has 0 bridgehead atoms. The Balaban J connectivity index is 1.99. The van der Waals surface area contributed by atoms with E-state index in [0.717, 1.165) is 4.90 Å². The molecule has 120 valence electrons. The fourth-order valence-electron chi connectivity index (χ4n) is 2.02. The Labute approximate surface area is 130 Å². The number of fused-ring (bicyclic) bond motifs is 1. The molecule has 9 nitrogen and oxygen atoms in total. The highest BCUT2D eigenvalue weighted by Crippen LogP contribution is 2.22. The van der Waals surface area contributed by atoms with E-state index in [9.17, 15) is 24.0 Å². The number of nitrogens with one attached hydrogen (secondary N) is 1. The number of esters is 1. The summed E-state index contributed by atoms with van der Waals surface area (Å²) >= 11 is 0. The molecule has 0 aromatic heterocycles. The summed E-state index contributed by atoms with van der Waals surface area (Å²) in [5.74, 6) is -3.10. The van der Waals surface area contributed by atoms with Crippen LogP contribution in [0, 0.1) is 0 Å². The molecule has 2 rings (SSSR count). The molecule has 0 unspecified atom stereocenters. The highest BCUT2D eigenvalue weighted by atomic mass is 16.5. The Hall–Kier alpha value is -3.23. The van der Waals surface area contributed by atoms with Gasteiger partial charge in [0.1, 0.15) is 6.54 Å². The summed E-state index contributed by atoms with van der Waals surface area (Å²) in [6.45, 7) is 0.582. The van der Waals surface area contributed by atoms with E-state index >= 15 is 0 Å². The Morgan fingerprint density at radius 2 is 1.70 bits per heavy atom. The molecule has 1 aromatic rings. The van der Waals surface area contributed by atoms with Gasteiger partial charge < -0.3 is 10.5 Å². The molecular formula is C14H13N3O6. The van der Waals surface area contributed by atoms with E-state index in [1.165, 1.54) is 19.1 Å². The molecule has 1 heterocycles. The molecule has 0 fully saturated rings. The molecule has 0 radical (unpaired) electrons. The molecule has 0 aliphatic carbocycles. The first-order chi connectivity index (χ1) is 10.8. The number of carbonyl (C=O) groups excluding carboxylic acids is 5. The highest BCUT2D eigenvalue weighted by Gasteiger charge is 2.37. The smallest absolute Gasteiger partial charge is 0.326 e. The fourth-order valence-corrected chi connectivity index (χ4v) is 2.02. The lowest BCUT2D eigenvalue weighted by Crippen LogP contribution is -2.43. The maximum absolute atomic E-state index is 12.1. The van der Waals surface area contributed by atoms with Crippen LogP contribution in [0.4, 0.5) is 4.79 Å². The number of nitrogens with two attached hydrogens (primary N) is 1. The van der Waals surface area contributed by atoms with E-state index in [1.54, 1.807) is 17.4 Å². The second-order valence-electron chi connectivity index (χ2n) is 4.73. The first-order valence-electron chi connectivity index (χ1n) is 6.56. The topological polar surface area (TPSA) is 136 Å². The van der Waals surface area contributed by atoms with Crippen LogP contribution in [0.25, 0.3) is 0 Å². The van der Waals surface area contributed by atoms with Crippen molar-refractivity contribution < 1.29 is 28.7 Å². The van der Waals surface area contributed by atoms with Gasteiger partial charge in [-0.2, -0.15) is 0 Å². The van der Waals surface area contributed by atoms with Crippen molar-refractivity contribution in [1.82, 2.24) is 10.2 Å². The minimum Gasteiger partial charge on any atom is -0.451 e. The second-order valence-corrected chi connectivity index (χ2v) is 4.73. The van der Waals surface area contributed by atoms with Crippen LogP contribution < -0.4 is 11.1 Å². The summed E-state index contributed by atoms with van der Waals surface area (Å²) in [4.78, 5) is 58.6. The van der Waals surface area contributed by atoms with Crippen molar-refractivity contribution in [1.29, 1.82) is 0 Å². The van der Waals surface area contributed by atoms with Crippen molar-refractivity contribution in [2.24, 2.45) is 5.73 Å². The van der Waals surface area contributed by atoms with Gasteiger partial charge in [-0.25, -0.2) is 4.79 Å². The largest absolute Gasteiger partial charge is 0.451 e. The summed E-state index contributed by atoms with van der Waals surface area (Å²) in [6, 6.07) is 5.07. The normalized spacial score (nSPS) is 14.2. The Kier molecular flexibility index (Phi) is 4.39. The molecule has 0 saturated heterocycles. The van der Waals surface area contributed by atoms with Crippen molar-refractivity contribution in [2.75, 3.05) is 6.54 Å². The summed E-state index contributed by atoms with van der Waals surface area (Å²) in [6.07, 6.45) is -1.30. The minimum atomic E-state index is -1.30. The van der Waals surface area contributed by atoms with Crippen LogP contribution in [0.15, 0.2) is 24.3 Å². The molecule has 5 amide bonds. The number of amides is 5. The number of benzene rings is 1. The van der Waals surface area contributed by atoms with Gasteiger partial charge in [-0.3, -0.25) is 29.4 Å². The van der Waals surface area contributed by atoms with E-state index in [0.29, 0.717) is 0 Å². The molecule has 0 saturated carbocycles. The zero-order valence-corrected chi connectivity index (χ0v) is 12.1. The Bertz CT molecular complexity index is 679. The van der Waals surface area contributed by atoms with Crippen LogP contribution in [-0.4, -0.2) is 47.3 Å². The zero-order valence-electron chi connectivity index (χ0n) is 12.1. The highest BCUT2D eigenvalue weighted by molar-refractivity contribution is 6.22. The van der Waals surface area contributed by atoms with Crippen LogP contribution in [0.5, 0.6) is 0 Å². The van der Waals surface area contributed by atoms with Gasteiger partial charge >= 0.3 is 12.0 Å². The second kappa shape index (κ2) is 6.26. The lowest BCUT2D eigenvalue weighted by Gasteiger charge is -2.16. The third-order valence-electron chi connectivity index (χ3n) is 3.09. The zero-order chi connectivity index (χ0) is 17.1. The molecule has 1 aliphatic rings. The quantitative estimate of drug-likeness (QED) is 0.562. The summed E-state index contributed by atoms with van der Waals surface area (Å²) < 4.78 is 4.77. The van der Waals surface area contributed by atoms with Crippen LogP contribution in [0.2, 0.25) is 0 Å². The van der Waals surface area contributed by atoms with Crippen molar-refractivity contribution in [3.63, 3.8) is 0 Å². The van der Waals surface area contributed by atoms with Gasteiger partial charge in [-0.05, 0) is 19.1 Å². The molecule has 1 atom stereocenters. The first kappa shape index (κ1) is 16.1. The van der Waals surface area contributed by atoms with E-state index in [4.69, 9.17) is 10.5 Å². The number of ether oxygens (including phenoxy) is 1. The maximum atomic E-state index is 12.1. The molecule has 9 heteroatoms.